The van der Waals surface area contributed by atoms with E-state index >= 15 is 0 Å². The summed E-state index contributed by atoms with van der Waals surface area (Å²) in [5.74, 6) is 10.4. The van der Waals surface area contributed by atoms with Crippen LogP contribution < -0.4 is 5.48 Å². The molecule has 0 fully saturated rings. The summed E-state index contributed by atoms with van der Waals surface area (Å²) in [5.41, 5.74) is 3.16. The van der Waals surface area contributed by atoms with E-state index in [0.29, 0.717) is 24.9 Å². The third-order valence-electron chi connectivity index (χ3n) is 3.45. The van der Waals surface area contributed by atoms with Gasteiger partial charge < -0.3 is 15.1 Å². The summed E-state index contributed by atoms with van der Waals surface area (Å²) in [6.45, 7) is 2.36. The molecule has 0 aliphatic carbocycles. The Morgan fingerprint density at radius 2 is 2.03 bits per heavy atom. The zero-order valence-corrected chi connectivity index (χ0v) is 16.4. The average Bonchev–Trinajstić information content (AvgIpc) is 2.70. The quantitative estimate of drug-likeness (QED) is 0.338. The lowest BCUT2D eigenvalue weighted by Gasteiger charge is -2.04. The Balaban J connectivity index is 2.25. The minimum atomic E-state index is -0.817. The fraction of sp³-hybridized carbons (Fsp3) is 0.348. The predicted octanol–water partition coefficient (Wildman–Crippen LogP) is 2.64. The molecule has 0 saturated carbocycles. The van der Waals surface area contributed by atoms with Gasteiger partial charge in [0.25, 0.3) is 0 Å². The van der Waals surface area contributed by atoms with Crippen LogP contribution in [0, 0.1) is 29.5 Å². The highest BCUT2D eigenvalue weighted by molar-refractivity contribution is 5.68. The highest BCUT2D eigenvalue weighted by atomic mass is 19.1. The summed E-state index contributed by atoms with van der Waals surface area (Å²) in [7, 11) is 0. The van der Waals surface area contributed by atoms with Crippen LogP contribution >= 0.6 is 0 Å². The van der Waals surface area contributed by atoms with Crippen molar-refractivity contribution in [3.63, 3.8) is 0 Å². The molecule has 154 valence electrons. The third-order valence-corrected chi connectivity index (χ3v) is 3.45. The summed E-state index contributed by atoms with van der Waals surface area (Å²) >= 11 is 0. The molecule has 0 heterocycles. The van der Waals surface area contributed by atoms with Crippen LogP contribution in [0.15, 0.2) is 48.6 Å². The number of carbonyl (C=O) groups is 1. The Bertz CT molecular complexity index is 794. The molecule has 0 spiro atoms. The Hall–Kier alpha value is -2.90. The Morgan fingerprint density at radius 3 is 2.76 bits per heavy atom. The van der Waals surface area contributed by atoms with Crippen LogP contribution in [0.3, 0.4) is 0 Å². The van der Waals surface area contributed by atoms with Gasteiger partial charge in [-0.2, -0.15) is 5.48 Å². The number of nitrogens with one attached hydrogen (secondary N) is 1. The van der Waals surface area contributed by atoms with Crippen molar-refractivity contribution >= 4 is 5.97 Å². The van der Waals surface area contributed by atoms with Crippen LogP contribution in [0.5, 0.6) is 0 Å². The minimum Gasteiger partial charge on any atom is -0.388 e. The van der Waals surface area contributed by atoms with Crippen molar-refractivity contribution in [2.75, 3.05) is 6.54 Å². The van der Waals surface area contributed by atoms with Gasteiger partial charge >= 0.3 is 5.97 Å². The van der Waals surface area contributed by atoms with Crippen LogP contribution in [0.4, 0.5) is 4.39 Å². The molecule has 1 rings (SSSR count). The van der Waals surface area contributed by atoms with E-state index in [1.807, 2.05) is 6.92 Å². The fourth-order valence-corrected chi connectivity index (χ4v) is 2.01. The molecule has 6 heteroatoms. The van der Waals surface area contributed by atoms with Gasteiger partial charge in [0.2, 0.25) is 0 Å². The minimum absolute atomic E-state index is 0.215. The van der Waals surface area contributed by atoms with Gasteiger partial charge in [-0.25, -0.2) is 4.39 Å². The highest BCUT2D eigenvalue weighted by Gasteiger charge is 2.05. The van der Waals surface area contributed by atoms with Crippen LogP contribution in [-0.2, 0) is 9.63 Å². The normalized spacial score (nSPS) is 12.7. The number of halogens is 1. The molecule has 1 aromatic carbocycles. The molecule has 0 amide bonds. The summed E-state index contributed by atoms with van der Waals surface area (Å²) in [6.07, 6.45) is 6.19. The number of carbonyl (C=O) groups excluding carboxylic acids is 1. The maximum absolute atomic E-state index is 12.8. The Kier molecular flexibility index (Phi) is 12.5. The van der Waals surface area contributed by atoms with Crippen molar-refractivity contribution < 1.29 is 24.2 Å². The molecule has 0 bridgehead atoms. The Labute approximate surface area is 171 Å². The van der Waals surface area contributed by atoms with Crippen molar-refractivity contribution in [1.82, 2.24) is 5.48 Å². The second kappa shape index (κ2) is 15.1. The molecular formula is C23H26FNO4. The molecule has 0 unspecified atom stereocenters. The maximum Gasteiger partial charge on any atom is 0.324 e. The topological polar surface area (TPSA) is 78.8 Å². The van der Waals surface area contributed by atoms with Gasteiger partial charge in [-0.3, -0.25) is 4.79 Å². The molecular weight excluding hydrogens is 373 g/mol. The lowest BCUT2D eigenvalue weighted by atomic mass is 10.1. The molecule has 0 aliphatic heterocycles. The summed E-state index contributed by atoms with van der Waals surface area (Å²) < 4.78 is 12.8. The lowest BCUT2D eigenvalue weighted by molar-refractivity contribution is -0.151. The van der Waals surface area contributed by atoms with E-state index in [-0.39, 0.29) is 24.6 Å². The molecule has 5 nitrogen and oxygen atoms in total. The van der Waals surface area contributed by atoms with E-state index < -0.39 is 12.2 Å². The van der Waals surface area contributed by atoms with Crippen LogP contribution in [-0.4, -0.2) is 34.9 Å². The maximum atomic E-state index is 12.8. The van der Waals surface area contributed by atoms with Crippen molar-refractivity contribution in [3.8, 4) is 23.7 Å². The summed E-state index contributed by atoms with van der Waals surface area (Å²) in [5, 5.41) is 19.5. The van der Waals surface area contributed by atoms with E-state index in [2.05, 4.69) is 29.2 Å². The SMILES string of the molecule is CCNOC(=O)CCC[C@H](O)C#C/C=C/C=C/[C@H](O)CC#Cc1ccc(F)cc1. The Morgan fingerprint density at radius 1 is 1.28 bits per heavy atom. The zero-order valence-electron chi connectivity index (χ0n) is 16.4. The van der Waals surface area contributed by atoms with E-state index in [0.717, 1.165) is 0 Å². The average molecular weight is 399 g/mol. The van der Waals surface area contributed by atoms with E-state index in [1.165, 1.54) is 12.1 Å². The van der Waals surface area contributed by atoms with E-state index in [1.54, 1.807) is 36.4 Å². The number of allylic oxidation sites excluding steroid dienone is 3. The first-order valence-electron chi connectivity index (χ1n) is 9.38. The van der Waals surface area contributed by atoms with Crippen molar-refractivity contribution in [1.29, 1.82) is 0 Å². The second-order valence-electron chi connectivity index (χ2n) is 5.99. The number of benzene rings is 1. The monoisotopic (exact) mass is 399 g/mol. The van der Waals surface area contributed by atoms with Gasteiger partial charge in [-0.05, 0) is 50.1 Å². The number of hydrogen-bond donors (Lipinski definition) is 3. The van der Waals surface area contributed by atoms with Crippen molar-refractivity contribution in [3.05, 3.63) is 60.0 Å². The van der Waals surface area contributed by atoms with Gasteiger partial charge in [-0.15, -0.1) is 0 Å². The number of rotatable bonds is 9. The zero-order chi connectivity index (χ0) is 21.3. The van der Waals surface area contributed by atoms with Gasteiger partial charge in [0.1, 0.15) is 11.9 Å². The molecule has 3 N–H and O–H groups in total. The number of aliphatic hydroxyl groups is 2. The summed E-state index contributed by atoms with van der Waals surface area (Å²) in [4.78, 5) is 16.0. The molecule has 29 heavy (non-hydrogen) atoms. The van der Waals surface area contributed by atoms with Crippen LogP contribution in [0.2, 0.25) is 0 Å². The number of aliphatic hydroxyl groups excluding tert-OH is 2. The molecule has 0 aromatic heterocycles. The van der Waals surface area contributed by atoms with Crippen LogP contribution in [0.1, 0.15) is 38.2 Å². The summed E-state index contributed by atoms with van der Waals surface area (Å²) in [6, 6.07) is 5.83. The lowest BCUT2D eigenvalue weighted by Crippen LogP contribution is -2.19. The fourth-order valence-electron chi connectivity index (χ4n) is 2.01. The number of hydrogen-bond acceptors (Lipinski definition) is 5. The first-order valence-corrected chi connectivity index (χ1v) is 9.38. The van der Waals surface area contributed by atoms with Gasteiger partial charge in [-0.1, -0.05) is 41.9 Å². The second-order valence-corrected chi connectivity index (χ2v) is 5.99. The standard InChI is InChI=1S/C23H26FNO4/c1-2-25-29-23(28)14-8-13-22(27)11-6-4-3-5-10-21(26)12-7-9-19-15-17-20(24)18-16-19/h3-5,10,15-18,21-22,25-27H,2,8,12-14H2,1H3/b4-3+,10-5+/t21-,22+/m0/s1. The largest absolute Gasteiger partial charge is 0.388 e. The molecule has 1 aromatic rings. The van der Waals surface area contributed by atoms with Gasteiger partial charge in [0.05, 0.1) is 6.10 Å². The predicted molar refractivity (Wildman–Crippen MR) is 110 cm³/mol. The van der Waals surface area contributed by atoms with Gasteiger partial charge in [0.15, 0.2) is 0 Å². The van der Waals surface area contributed by atoms with Crippen molar-refractivity contribution in [2.24, 2.45) is 0 Å². The van der Waals surface area contributed by atoms with E-state index in [9.17, 15) is 19.4 Å². The smallest absolute Gasteiger partial charge is 0.324 e. The van der Waals surface area contributed by atoms with Crippen molar-refractivity contribution in [2.45, 2.75) is 44.8 Å². The molecule has 0 aliphatic rings. The van der Waals surface area contributed by atoms with Crippen LogP contribution in [0.25, 0.3) is 0 Å². The van der Waals surface area contributed by atoms with Gasteiger partial charge in [0, 0.05) is 24.9 Å². The molecule has 0 saturated heterocycles. The first-order chi connectivity index (χ1) is 14.0. The highest BCUT2D eigenvalue weighted by Crippen LogP contribution is 2.02. The molecule has 0 radical (unpaired) electrons. The first kappa shape index (κ1) is 24.1. The molecule has 2 atom stereocenters. The number of hydroxylamine groups is 1. The van der Waals surface area contributed by atoms with E-state index in [4.69, 9.17) is 4.84 Å². The third kappa shape index (κ3) is 13.0.